The van der Waals surface area contributed by atoms with Gasteiger partial charge in [0.1, 0.15) is 13.2 Å². The minimum Gasteiger partial charge on any atom is -0.459 e. The molecule has 0 aliphatic carbocycles. The number of hydrogen-bond donors (Lipinski definition) is 1. The van der Waals surface area contributed by atoms with Gasteiger partial charge in [-0.15, -0.1) is 0 Å². The van der Waals surface area contributed by atoms with Crippen LogP contribution in [0.25, 0.3) is 0 Å². The highest BCUT2D eigenvalue weighted by Crippen LogP contribution is 2.45. The monoisotopic (exact) mass is 392 g/mol. The summed E-state index contributed by atoms with van der Waals surface area (Å²) >= 11 is 0. The maximum absolute atomic E-state index is 12.7. The molecule has 2 aliphatic rings. The van der Waals surface area contributed by atoms with E-state index in [2.05, 4.69) is 6.58 Å². The zero-order chi connectivity index (χ0) is 20.2. The molecule has 1 N–H and O–H groups in total. The molecule has 3 rings (SSSR count). The van der Waals surface area contributed by atoms with Gasteiger partial charge < -0.3 is 28.8 Å². The maximum atomic E-state index is 12.7. The van der Waals surface area contributed by atoms with E-state index in [-0.39, 0.29) is 37.2 Å². The molecule has 2 saturated heterocycles. The van der Waals surface area contributed by atoms with Gasteiger partial charge in [-0.05, 0) is 12.1 Å². The van der Waals surface area contributed by atoms with Crippen LogP contribution in [-0.2, 0) is 28.5 Å². The minimum absolute atomic E-state index is 0.0291. The summed E-state index contributed by atoms with van der Waals surface area (Å²) in [6.45, 7) is 3.55. The second kappa shape index (κ2) is 8.09. The third kappa shape index (κ3) is 3.77. The van der Waals surface area contributed by atoms with Gasteiger partial charge in [-0.25, -0.2) is 14.4 Å². The number of hydrogen-bond acceptors (Lipinski definition) is 9. The normalized spacial score (nSPS) is 25.6. The highest BCUT2D eigenvalue weighted by Gasteiger charge is 2.64. The number of rotatable bonds is 8. The minimum atomic E-state index is -1.69. The third-order valence-corrected chi connectivity index (χ3v) is 4.50. The molecule has 1 aromatic carbocycles. The first kappa shape index (κ1) is 20.0. The van der Waals surface area contributed by atoms with Crippen LogP contribution in [0.3, 0.4) is 0 Å². The van der Waals surface area contributed by atoms with E-state index < -0.39 is 29.5 Å². The highest BCUT2D eigenvalue weighted by molar-refractivity contribution is 6.03. The molecule has 0 bridgehead atoms. The molecular formula is C19H20O9. The Labute approximate surface area is 160 Å². The van der Waals surface area contributed by atoms with Crippen LogP contribution < -0.4 is 0 Å². The van der Waals surface area contributed by atoms with E-state index in [0.29, 0.717) is 13.2 Å². The Morgan fingerprint density at radius 3 is 2.11 bits per heavy atom. The predicted molar refractivity (Wildman–Crippen MR) is 92.1 cm³/mol. The largest absolute Gasteiger partial charge is 0.459 e. The van der Waals surface area contributed by atoms with Crippen molar-refractivity contribution in [2.75, 3.05) is 26.4 Å². The summed E-state index contributed by atoms with van der Waals surface area (Å²) in [4.78, 5) is 35.9. The van der Waals surface area contributed by atoms with Crippen LogP contribution in [0.4, 0.5) is 0 Å². The van der Waals surface area contributed by atoms with Gasteiger partial charge in [0.25, 0.3) is 5.79 Å². The van der Waals surface area contributed by atoms with Gasteiger partial charge in [0.15, 0.2) is 0 Å². The third-order valence-electron chi connectivity index (χ3n) is 4.50. The molecule has 2 aliphatic heterocycles. The van der Waals surface area contributed by atoms with Crippen LogP contribution in [0.1, 0.15) is 33.6 Å². The summed E-state index contributed by atoms with van der Waals surface area (Å²) in [5.41, 5.74) is -0.0769. The number of benzene rings is 1. The predicted octanol–water partition coefficient (Wildman–Crippen LogP) is 0.955. The van der Waals surface area contributed by atoms with Gasteiger partial charge in [0.2, 0.25) is 5.79 Å². The topological polar surface area (TPSA) is 118 Å². The van der Waals surface area contributed by atoms with E-state index in [0.717, 1.165) is 6.08 Å². The van der Waals surface area contributed by atoms with Crippen molar-refractivity contribution in [2.24, 2.45) is 0 Å². The Kier molecular flexibility index (Phi) is 5.78. The van der Waals surface area contributed by atoms with Crippen molar-refractivity contribution in [3.8, 4) is 0 Å². The smallest absolute Gasteiger partial charge is 0.341 e. The summed E-state index contributed by atoms with van der Waals surface area (Å²) in [7, 11) is 0. The van der Waals surface area contributed by atoms with Gasteiger partial charge in [0, 0.05) is 18.9 Å². The van der Waals surface area contributed by atoms with Crippen molar-refractivity contribution in [1.29, 1.82) is 0 Å². The molecule has 0 saturated carbocycles. The fourth-order valence-corrected chi connectivity index (χ4v) is 2.81. The lowest BCUT2D eigenvalue weighted by Crippen LogP contribution is -2.69. The van der Waals surface area contributed by atoms with E-state index in [4.69, 9.17) is 23.7 Å². The fourth-order valence-electron chi connectivity index (χ4n) is 2.81. The molecule has 2 unspecified atom stereocenters. The fraction of sp³-hybridized carbons (Fsp3) is 0.421. The lowest BCUT2D eigenvalue weighted by atomic mass is 9.91. The SMILES string of the molecule is C=CC(=O)OCCOC(=O)c1ccccc1C(=O)OC1(C2(O)CCO2)CCO1. The molecule has 28 heavy (non-hydrogen) atoms. The van der Waals surface area contributed by atoms with Gasteiger partial charge in [0.05, 0.1) is 24.3 Å². The Hall–Kier alpha value is -2.75. The van der Waals surface area contributed by atoms with E-state index in [1.54, 1.807) is 12.1 Å². The van der Waals surface area contributed by atoms with Crippen LogP contribution in [0.2, 0.25) is 0 Å². The van der Waals surface area contributed by atoms with Gasteiger partial charge in [-0.1, -0.05) is 18.7 Å². The number of carbonyl (C=O) groups is 3. The zero-order valence-electron chi connectivity index (χ0n) is 15.0. The van der Waals surface area contributed by atoms with Gasteiger partial charge in [-0.3, -0.25) is 0 Å². The second-order valence-electron chi connectivity index (χ2n) is 6.18. The van der Waals surface area contributed by atoms with Crippen molar-refractivity contribution in [3.63, 3.8) is 0 Å². The van der Waals surface area contributed by atoms with Gasteiger partial charge >= 0.3 is 17.9 Å². The first-order chi connectivity index (χ1) is 13.4. The van der Waals surface area contributed by atoms with Crippen molar-refractivity contribution >= 4 is 17.9 Å². The van der Waals surface area contributed by atoms with Gasteiger partial charge in [-0.2, -0.15) is 0 Å². The first-order valence-corrected chi connectivity index (χ1v) is 8.70. The Bertz CT molecular complexity index is 777. The molecule has 0 spiro atoms. The summed E-state index contributed by atoms with van der Waals surface area (Å²) in [6.07, 6.45) is 1.54. The van der Waals surface area contributed by atoms with Crippen molar-refractivity contribution < 1.29 is 43.2 Å². The Morgan fingerprint density at radius 1 is 1.04 bits per heavy atom. The molecule has 150 valence electrons. The molecule has 2 fully saturated rings. The summed E-state index contributed by atoms with van der Waals surface area (Å²) < 4.78 is 25.6. The number of carbonyl (C=O) groups excluding carboxylic acids is 3. The Morgan fingerprint density at radius 2 is 1.61 bits per heavy atom. The van der Waals surface area contributed by atoms with Crippen LogP contribution in [-0.4, -0.2) is 61.0 Å². The highest BCUT2D eigenvalue weighted by atomic mass is 16.8. The van der Waals surface area contributed by atoms with Crippen molar-refractivity contribution in [3.05, 3.63) is 48.0 Å². The molecule has 2 heterocycles. The summed E-state index contributed by atoms with van der Waals surface area (Å²) in [5, 5.41) is 10.4. The van der Waals surface area contributed by atoms with Crippen LogP contribution in [0, 0.1) is 0 Å². The lowest BCUT2D eigenvalue weighted by molar-refractivity contribution is -0.458. The van der Waals surface area contributed by atoms with Crippen LogP contribution in [0.5, 0.6) is 0 Å². The molecule has 0 amide bonds. The maximum Gasteiger partial charge on any atom is 0.341 e. The van der Waals surface area contributed by atoms with E-state index in [9.17, 15) is 19.5 Å². The molecular weight excluding hydrogens is 372 g/mol. The number of esters is 3. The van der Waals surface area contributed by atoms with E-state index in [1.165, 1.54) is 12.1 Å². The van der Waals surface area contributed by atoms with Crippen LogP contribution in [0.15, 0.2) is 36.9 Å². The molecule has 2 atom stereocenters. The number of aliphatic hydroxyl groups is 1. The zero-order valence-corrected chi connectivity index (χ0v) is 15.0. The van der Waals surface area contributed by atoms with E-state index in [1.807, 2.05) is 0 Å². The molecule has 9 nitrogen and oxygen atoms in total. The van der Waals surface area contributed by atoms with Crippen LogP contribution >= 0.6 is 0 Å². The van der Waals surface area contributed by atoms with Crippen molar-refractivity contribution in [1.82, 2.24) is 0 Å². The molecule has 0 radical (unpaired) electrons. The molecule has 9 heteroatoms. The lowest BCUT2D eigenvalue weighted by Gasteiger charge is -2.53. The summed E-state index contributed by atoms with van der Waals surface area (Å²) in [6, 6.07) is 5.91. The molecule has 1 aromatic rings. The quantitative estimate of drug-likeness (QED) is 0.299. The average Bonchev–Trinajstić information content (AvgIpc) is 2.65. The first-order valence-electron chi connectivity index (χ1n) is 8.70. The average molecular weight is 392 g/mol. The van der Waals surface area contributed by atoms with Crippen molar-refractivity contribution in [2.45, 2.75) is 24.4 Å². The van der Waals surface area contributed by atoms with E-state index >= 15 is 0 Å². The molecule has 0 aromatic heterocycles. The Balaban J connectivity index is 1.66. The standard InChI is InChI=1S/C19H20O9/c1-2-15(20)24-11-12-25-16(21)13-5-3-4-6-14(13)17(22)28-19(8-10-27-19)18(23)7-9-26-18/h2-6,23H,1,7-12H2. The summed E-state index contributed by atoms with van der Waals surface area (Å²) in [5.74, 6) is -5.55. The second-order valence-corrected chi connectivity index (χ2v) is 6.18. The number of ether oxygens (including phenoxy) is 5.